The molecule has 12 heavy (non-hydrogen) atoms. The predicted molar refractivity (Wildman–Crippen MR) is 54.7 cm³/mol. The van der Waals surface area contributed by atoms with Crippen LogP contribution in [-0.4, -0.2) is 47.8 Å². The van der Waals surface area contributed by atoms with Crippen LogP contribution in [-0.2, 0) is 0 Å². The molecule has 0 aromatic heterocycles. The molecule has 1 N–H and O–H groups in total. The Morgan fingerprint density at radius 2 is 1.92 bits per heavy atom. The van der Waals surface area contributed by atoms with Gasteiger partial charge >= 0.3 is 0 Å². The lowest BCUT2D eigenvalue weighted by Gasteiger charge is -2.42. The minimum absolute atomic E-state index is 0.292. The van der Waals surface area contributed by atoms with Gasteiger partial charge in [-0.2, -0.15) is 11.8 Å². The van der Waals surface area contributed by atoms with E-state index in [9.17, 15) is 0 Å². The lowest BCUT2D eigenvalue weighted by atomic mass is 9.87. The fourth-order valence-electron chi connectivity index (χ4n) is 1.88. The Hall–Kier alpha value is 0.270. The monoisotopic (exact) mass is 189 g/mol. The van der Waals surface area contributed by atoms with Crippen LogP contribution in [0.4, 0.5) is 0 Å². The van der Waals surface area contributed by atoms with Crippen molar-refractivity contribution in [1.29, 1.82) is 0 Å². The van der Waals surface area contributed by atoms with Gasteiger partial charge in [0.1, 0.15) is 0 Å². The van der Waals surface area contributed by atoms with Crippen LogP contribution in [0.5, 0.6) is 0 Å². The summed E-state index contributed by atoms with van der Waals surface area (Å²) in [6, 6.07) is 0. The maximum absolute atomic E-state index is 9.00. The molecule has 0 unspecified atom stereocenters. The van der Waals surface area contributed by atoms with Crippen molar-refractivity contribution in [2.24, 2.45) is 0 Å². The van der Waals surface area contributed by atoms with Crippen LogP contribution in [0.15, 0.2) is 0 Å². The molecule has 1 aliphatic heterocycles. The summed E-state index contributed by atoms with van der Waals surface area (Å²) < 4.78 is 0. The van der Waals surface area contributed by atoms with Gasteiger partial charge in [0.2, 0.25) is 0 Å². The van der Waals surface area contributed by atoms with Crippen molar-refractivity contribution in [2.75, 3.05) is 32.2 Å². The normalized spacial score (nSPS) is 23.0. The first-order valence-corrected chi connectivity index (χ1v) is 5.73. The summed E-state index contributed by atoms with van der Waals surface area (Å²) in [6.45, 7) is 0.322. The van der Waals surface area contributed by atoms with Crippen molar-refractivity contribution in [2.45, 2.75) is 24.8 Å². The van der Waals surface area contributed by atoms with Crippen molar-refractivity contribution in [3.8, 4) is 0 Å². The number of hydrogen-bond donors (Lipinski definition) is 1. The van der Waals surface area contributed by atoms with E-state index in [1.807, 2.05) is 11.8 Å². The molecule has 2 nitrogen and oxygen atoms in total. The fraction of sp³-hybridized carbons (Fsp3) is 1.00. The molecule has 1 aliphatic rings. The molecule has 1 saturated heterocycles. The zero-order valence-corrected chi connectivity index (χ0v) is 8.86. The van der Waals surface area contributed by atoms with Crippen molar-refractivity contribution >= 4 is 11.8 Å². The molecule has 1 rings (SSSR count). The predicted octanol–water partition coefficient (Wildman–Crippen LogP) is 1.20. The molecule has 3 heteroatoms. The molecule has 0 aliphatic carbocycles. The van der Waals surface area contributed by atoms with Gasteiger partial charge in [-0.15, -0.1) is 0 Å². The minimum atomic E-state index is 0.292. The Morgan fingerprint density at radius 3 is 2.33 bits per heavy atom. The van der Waals surface area contributed by atoms with Crippen LogP contribution < -0.4 is 0 Å². The molecule has 0 spiro atoms. The van der Waals surface area contributed by atoms with E-state index in [2.05, 4.69) is 19.0 Å². The molecule has 0 atom stereocenters. The highest BCUT2D eigenvalue weighted by molar-refractivity contribution is 7.99. The minimum Gasteiger partial charge on any atom is -0.396 e. The molecule has 0 bridgehead atoms. The van der Waals surface area contributed by atoms with Crippen LogP contribution >= 0.6 is 11.8 Å². The van der Waals surface area contributed by atoms with Crippen molar-refractivity contribution < 1.29 is 5.11 Å². The Balaban J connectivity index is 2.56. The third-order valence-corrected chi connectivity index (χ3v) is 3.93. The van der Waals surface area contributed by atoms with Crippen LogP contribution in [0.25, 0.3) is 0 Å². The summed E-state index contributed by atoms with van der Waals surface area (Å²) in [5, 5.41) is 9.00. The van der Waals surface area contributed by atoms with Crippen LogP contribution in [0.1, 0.15) is 19.3 Å². The molecule has 0 saturated carbocycles. The highest BCUT2D eigenvalue weighted by Crippen LogP contribution is 2.33. The van der Waals surface area contributed by atoms with E-state index in [1.165, 1.54) is 24.3 Å². The number of hydrogen-bond acceptors (Lipinski definition) is 3. The first-order valence-electron chi connectivity index (χ1n) is 4.57. The zero-order chi connectivity index (χ0) is 9.03. The third kappa shape index (κ3) is 2.15. The van der Waals surface area contributed by atoms with Gasteiger partial charge in [-0.1, -0.05) is 0 Å². The third-order valence-electron chi connectivity index (χ3n) is 2.95. The van der Waals surface area contributed by atoms with Gasteiger partial charge in [0.15, 0.2) is 0 Å². The van der Waals surface area contributed by atoms with E-state index in [4.69, 9.17) is 5.11 Å². The first-order chi connectivity index (χ1) is 5.71. The maximum atomic E-state index is 9.00. The SMILES string of the molecule is CN(C)C1(CCO)CCSCC1. The van der Waals surface area contributed by atoms with Gasteiger partial charge in [-0.25, -0.2) is 0 Å². The van der Waals surface area contributed by atoms with E-state index < -0.39 is 0 Å². The van der Waals surface area contributed by atoms with Gasteiger partial charge in [0, 0.05) is 12.1 Å². The second-order valence-corrected chi connectivity index (χ2v) is 4.93. The first kappa shape index (κ1) is 10.4. The van der Waals surface area contributed by atoms with Gasteiger partial charge in [0.05, 0.1) is 0 Å². The lowest BCUT2D eigenvalue weighted by Crippen LogP contribution is -2.47. The van der Waals surface area contributed by atoms with E-state index in [0.717, 1.165) is 6.42 Å². The van der Waals surface area contributed by atoms with Gasteiger partial charge < -0.3 is 10.0 Å². The van der Waals surface area contributed by atoms with Crippen LogP contribution in [0, 0.1) is 0 Å². The van der Waals surface area contributed by atoms with Gasteiger partial charge in [-0.05, 0) is 44.9 Å². The number of aliphatic hydroxyl groups is 1. The topological polar surface area (TPSA) is 23.5 Å². The summed E-state index contributed by atoms with van der Waals surface area (Å²) >= 11 is 2.03. The molecule has 1 heterocycles. The molecule has 0 radical (unpaired) electrons. The van der Waals surface area contributed by atoms with Crippen molar-refractivity contribution in [1.82, 2.24) is 4.90 Å². The number of thioether (sulfide) groups is 1. The number of aliphatic hydroxyl groups excluding tert-OH is 1. The highest BCUT2D eigenvalue weighted by Gasteiger charge is 2.33. The lowest BCUT2D eigenvalue weighted by molar-refractivity contribution is 0.0985. The molecule has 0 amide bonds. The number of rotatable bonds is 3. The summed E-state index contributed by atoms with van der Waals surface area (Å²) in [5.41, 5.74) is 0.292. The maximum Gasteiger partial charge on any atom is 0.0448 e. The zero-order valence-electron chi connectivity index (χ0n) is 8.05. The Morgan fingerprint density at radius 1 is 1.33 bits per heavy atom. The largest absolute Gasteiger partial charge is 0.396 e. The molecule has 1 fully saturated rings. The Kier molecular flexibility index (Phi) is 3.87. The number of nitrogens with zero attached hydrogens (tertiary/aromatic N) is 1. The smallest absolute Gasteiger partial charge is 0.0448 e. The van der Waals surface area contributed by atoms with Crippen molar-refractivity contribution in [3.63, 3.8) is 0 Å². The fourth-order valence-corrected chi connectivity index (χ4v) is 3.13. The van der Waals surface area contributed by atoms with E-state index in [0.29, 0.717) is 12.1 Å². The van der Waals surface area contributed by atoms with Crippen LogP contribution in [0.3, 0.4) is 0 Å². The standard InChI is InChI=1S/C9H19NOS/c1-10(2)9(3-6-11)4-7-12-8-5-9/h11H,3-8H2,1-2H3. The van der Waals surface area contributed by atoms with E-state index in [1.54, 1.807) is 0 Å². The van der Waals surface area contributed by atoms with Crippen molar-refractivity contribution in [3.05, 3.63) is 0 Å². The average Bonchev–Trinajstić information content (AvgIpc) is 2.06. The second-order valence-electron chi connectivity index (χ2n) is 3.70. The van der Waals surface area contributed by atoms with Gasteiger partial charge in [0.25, 0.3) is 0 Å². The summed E-state index contributed by atoms with van der Waals surface area (Å²) in [7, 11) is 4.26. The van der Waals surface area contributed by atoms with Gasteiger partial charge in [-0.3, -0.25) is 0 Å². The molecule has 72 valence electrons. The molecular formula is C9H19NOS. The van der Waals surface area contributed by atoms with E-state index in [-0.39, 0.29) is 0 Å². The summed E-state index contributed by atoms with van der Waals surface area (Å²) in [6.07, 6.45) is 3.39. The van der Waals surface area contributed by atoms with Crippen LogP contribution in [0.2, 0.25) is 0 Å². The molecular weight excluding hydrogens is 170 g/mol. The Bertz CT molecular complexity index is 127. The highest BCUT2D eigenvalue weighted by atomic mass is 32.2. The molecule has 0 aromatic carbocycles. The quantitative estimate of drug-likeness (QED) is 0.721. The second kappa shape index (κ2) is 4.49. The summed E-state index contributed by atoms with van der Waals surface area (Å²) in [4.78, 5) is 2.29. The molecule has 0 aromatic rings. The summed E-state index contributed by atoms with van der Waals surface area (Å²) in [5.74, 6) is 2.50. The average molecular weight is 189 g/mol. The Labute approximate surface area is 79.3 Å². The van der Waals surface area contributed by atoms with E-state index >= 15 is 0 Å².